The largest absolute Gasteiger partial charge is 0.389 e. The minimum atomic E-state index is -0.567. The summed E-state index contributed by atoms with van der Waals surface area (Å²) < 4.78 is 0. The van der Waals surface area contributed by atoms with Gasteiger partial charge in [-0.1, -0.05) is 6.92 Å². The number of hydrogen-bond acceptors (Lipinski definition) is 3. The van der Waals surface area contributed by atoms with Gasteiger partial charge in [-0.2, -0.15) is 0 Å². The Morgan fingerprint density at radius 3 is 2.80 bits per heavy atom. The van der Waals surface area contributed by atoms with Crippen LogP contribution in [0.25, 0.3) is 0 Å². The number of piperidine rings is 1. The monoisotopic (exact) mass is 213 g/mol. The number of nitrogens with one attached hydrogen (secondary N) is 1. The van der Waals surface area contributed by atoms with Crippen LogP contribution in [0, 0.1) is 5.41 Å². The van der Waals surface area contributed by atoms with Gasteiger partial charge in [-0.15, -0.1) is 0 Å². The first-order chi connectivity index (χ1) is 6.94. The van der Waals surface area contributed by atoms with E-state index in [1.807, 2.05) is 6.92 Å². The van der Waals surface area contributed by atoms with E-state index in [4.69, 9.17) is 11.1 Å². The highest BCUT2D eigenvalue weighted by Gasteiger charge is 2.31. The van der Waals surface area contributed by atoms with Gasteiger partial charge in [0.1, 0.15) is 0 Å². The minimum absolute atomic E-state index is 0.243. The van der Waals surface area contributed by atoms with Gasteiger partial charge in [0.25, 0.3) is 0 Å². The van der Waals surface area contributed by atoms with Crippen LogP contribution in [-0.4, -0.2) is 40.6 Å². The van der Waals surface area contributed by atoms with E-state index in [-0.39, 0.29) is 5.84 Å². The summed E-state index contributed by atoms with van der Waals surface area (Å²) in [5.74, 6) is 0.243. The van der Waals surface area contributed by atoms with E-state index in [0.717, 1.165) is 25.8 Å². The summed E-state index contributed by atoms with van der Waals surface area (Å²) in [5, 5.41) is 17.3. The van der Waals surface area contributed by atoms with Gasteiger partial charge in [0.2, 0.25) is 0 Å². The zero-order valence-electron chi connectivity index (χ0n) is 9.79. The topological polar surface area (TPSA) is 73.3 Å². The summed E-state index contributed by atoms with van der Waals surface area (Å²) in [6, 6.07) is 0.314. The van der Waals surface area contributed by atoms with Gasteiger partial charge < -0.3 is 10.8 Å². The van der Waals surface area contributed by atoms with Crippen molar-refractivity contribution in [3.8, 4) is 0 Å². The summed E-state index contributed by atoms with van der Waals surface area (Å²) in [6.07, 6.45) is 3.50. The Kier molecular flexibility index (Phi) is 4.11. The van der Waals surface area contributed by atoms with Crippen LogP contribution in [0.4, 0.5) is 0 Å². The molecule has 4 nitrogen and oxygen atoms in total. The summed E-state index contributed by atoms with van der Waals surface area (Å²) in [4.78, 5) is 2.27. The van der Waals surface area contributed by atoms with Crippen LogP contribution >= 0.6 is 0 Å². The van der Waals surface area contributed by atoms with E-state index in [1.165, 1.54) is 0 Å². The Morgan fingerprint density at radius 2 is 2.33 bits per heavy atom. The van der Waals surface area contributed by atoms with E-state index < -0.39 is 5.60 Å². The maximum Gasteiger partial charge on any atom is 0.0921 e. The molecule has 15 heavy (non-hydrogen) atoms. The molecule has 1 rings (SSSR count). The maximum atomic E-state index is 10.00. The molecule has 0 radical (unpaired) electrons. The summed E-state index contributed by atoms with van der Waals surface area (Å²) in [7, 11) is 0. The van der Waals surface area contributed by atoms with Gasteiger partial charge in [0.05, 0.1) is 11.4 Å². The van der Waals surface area contributed by atoms with Crippen molar-refractivity contribution in [3.63, 3.8) is 0 Å². The molecule has 88 valence electrons. The summed E-state index contributed by atoms with van der Waals surface area (Å²) in [5.41, 5.74) is 4.87. The third-order valence-corrected chi connectivity index (χ3v) is 3.15. The fraction of sp³-hybridized carbons (Fsp3) is 0.909. The number of amidine groups is 1. The molecule has 0 aromatic rings. The Labute approximate surface area is 92.0 Å². The van der Waals surface area contributed by atoms with Gasteiger partial charge in [-0.3, -0.25) is 10.3 Å². The lowest BCUT2D eigenvalue weighted by Gasteiger charge is -2.41. The van der Waals surface area contributed by atoms with Gasteiger partial charge in [0.15, 0.2) is 0 Å². The van der Waals surface area contributed by atoms with Crippen LogP contribution in [0.3, 0.4) is 0 Å². The Morgan fingerprint density at radius 1 is 1.67 bits per heavy atom. The van der Waals surface area contributed by atoms with E-state index in [0.29, 0.717) is 19.0 Å². The lowest BCUT2D eigenvalue weighted by Crippen LogP contribution is -2.50. The molecule has 0 saturated carbocycles. The third kappa shape index (κ3) is 3.80. The molecule has 0 amide bonds. The van der Waals surface area contributed by atoms with Gasteiger partial charge in [0, 0.05) is 19.0 Å². The number of nitrogens with zero attached hydrogens (tertiary/aromatic N) is 1. The average molecular weight is 213 g/mol. The highest BCUT2D eigenvalue weighted by Crippen LogP contribution is 2.23. The first-order valence-electron chi connectivity index (χ1n) is 5.74. The second-order valence-electron chi connectivity index (χ2n) is 4.86. The normalized spacial score (nSPS) is 30.1. The quantitative estimate of drug-likeness (QED) is 0.480. The Balaban J connectivity index is 2.56. The molecule has 1 fully saturated rings. The number of rotatable bonds is 4. The number of hydrogen-bond donors (Lipinski definition) is 3. The highest BCUT2D eigenvalue weighted by atomic mass is 16.3. The highest BCUT2D eigenvalue weighted by molar-refractivity contribution is 5.77. The molecule has 2 unspecified atom stereocenters. The number of likely N-dealkylation sites (tertiary alicyclic amines) is 1. The lowest BCUT2D eigenvalue weighted by atomic mass is 9.93. The summed E-state index contributed by atoms with van der Waals surface area (Å²) in [6.45, 7) is 5.72. The Bertz CT molecular complexity index is 228. The second-order valence-corrected chi connectivity index (χ2v) is 4.86. The zero-order chi connectivity index (χ0) is 11.5. The molecule has 4 heteroatoms. The average Bonchev–Trinajstić information content (AvgIpc) is 2.12. The smallest absolute Gasteiger partial charge is 0.0921 e. The zero-order valence-corrected chi connectivity index (χ0v) is 9.79. The predicted octanol–water partition coefficient (Wildman–Crippen LogP) is 0.938. The molecular formula is C11H23N3O. The molecule has 1 aliphatic rings. The van der Waals surface area contributed by atoms with E-state index in [9.17, 15) is 5.11 Å². The van der Waals surface area contributed by atoms with E-state index >= 15 is 0 Å². The van der Waals surface area contributed by atoms with Crippen molar-refractivity contribution < 1.29 is 5.11 Å². The fourth-order valence-electron chi connectivity index (χ4n) is 2.36. The van der Waals surface area contributed by atoms with Crippen LogP contribution < -0.4 is 5.73 Å². The van der Waals surface area contributed by atoms with Gasteiger partial charge in [-0.25, -0.2) is 0 Å². The lowest BCUT2D eigenvalue weighted by molar-refractivity contribution is -0.0296. The van der Waals surface area contributed by atoms with Crippen molar-refractivity contribution in [2.24, 2.45) is 5.73 Å². The van der Waals surface area contributed by atoms with Gasteiger partial charge in [-0.05, 0) is 32.7 Å². The second kappa shape index (κ2) is 4.94. The SMILES string of the molecule is CCC(CC(=N)N)N1CCCC(C)(O)C1. The third-order valence-electron chi connectivity index (χ3n) is 3.15. The van der Waals surface area contributed by atoms with Gasteiger partial charge >= 0.3 is 0 Å². The predicted molar refractivity (Wildman–Crippen MR) is 62.0 cm³/mol. The van der Waals surface area contributed by atoms with Crippen molar-refractivity contribution in [1.29, 1.82) is 5.41 Å². The summed E-state index contributed by atoms with van der Waals surface area (Å²) >= 11 is 0. The molecule has 0 aromatic heterocycles. The van der Waals surface area contributed by atoms with Crippen LogP contribution in [0.1, 0.15) is 39.5 Å². The first kappa shape index (κ1) is 12.5. The molecule has 1 saturated heterocycles. The molecule has 2 atom stereocenters. The molecule has 1 aliphatic heterocycles. The van der Waals surface area contributed by atoms with E-state index in [1.54, 1.807) is 0 Å². The molecule has 0 bridgehead atoms. The van der Waals surface area contributed by atoms with Crippen molar-refractivity contribution in [2.45, 2.75) is 51.2 Å². The molecule has 0 spiro atoms. The number of aliphatic hydroxyl groups is 1. The minimum Gasteiger partial charge on any atom is -0.389 e. The van der Waals surface area contributed by atoms with Crippen LogP contribution in [0.2, 0.25) is 0 Å². The molecule has 4 N–H and O–H groups in total. The number of nitrogens with two attached hydrogens (primary N) is 1. The molecule has 1 heterocycles. The van der Waals surface area contributed by atoms with Crippen molar-refractivity contribution in [2.75, 3.05) is 13.1 Å². The van der Waals surface area contributed by atoms with Crippen molar-refractivity contribution in [1.82, 2.24) is 4.90 Å². The van der Waals surface area contributed by atoms with E-state index in [2.05, 4.69) is 11.8 Å². The Hall–Kier alpha value is -0.610. The van der Waals surface area contributed by atoms with Crippen molar-refractivity contribution >= 4 is 5.84 Å². The van der Waals surface area contributed by atoms with Crippen LogP contribution in [0.15, 0.2) is 0 Å². The molecule has 0 aliphatic carbocycles. The van der Waals surface area contributed by atoms with Crippen LogP contribution in [-0.2, 0) is 0 Å². The standard InChI is InChI=1S/C11H23N3O/c1-3-9(7-10(12)13)14-6-4-5-11(2,15)8-14/h9,15H,3-8H2,1-2H3,(H3,12,13). The number of β-amino-alcohol motifs (C(OH)–C–C–N with tert-alkyl or cyclic N) is 1. The maximum absolute atomic E-state index is 10.00. The first-order valence-corrected chi connectivity index (χ1v) is 5.74. The molecular weight excluding hydrogens is 190 g/mol. The molecule has 0 aromatic carbocycles. The van der Waals surface area contributed by atoms with Crippen molar-refractivity contribution in [3.05, 3.63) is 0 Å². The van der Waals surface area contributed by atoms with Crippen LogP contribution in [0.5, 0.6) is 0 Å². The fourth-order valence-corrected chi connectivity index (χ4v) is 2.36.